The summed E-state index contributed by atoms with van der Waals surface area (Å²) in [6.45, 7) is 7.06. The Morgan fingerprint density at radius 1 is 1.00 bits per heavy atom. The summed E-state index contributed by atoms with van der Waals surface area (Å²) in [5.41, 5.74) is 3.34. The van der Waals surface area contributed by atoms with E-state index in [2.05, 4.69) is 5.32 Å². The van der Waals surface area contributed by atoms with Gasteiger partial charge in [0.1, 0.15) is 5.82 Å². The highest BCUT2D eigenvalue weighted by Crippen LogP contribution is 2.26. The monoisotopic (exact) mass is 468 g/mol. The lowest BCUT2D eigenvalue weighted by atomic mass is 10.1. The molecule has 0 aliphatic carbocycles. The number of rotatable bonds is 8. The summed E-state index contributed by atoms with van der Waals surface area (Å²) < 4.78 is 1.68. The Labute approximate surface area is 206 Å². The summed E-state index contributed by atoms with van der Waals surface area (Å²) in [6.07, 6.45) is 1.41. The predicted octanol–water partition coefficient (Wildman–Crippen LogP) is 5.77. The maximum absolute atomic E-state index is 13.7. The number of nitrogens with one attached hydrogen (secondary N) is 1. The Morgan fingerprint density at radius 2 is 1.74 bits per heavy atom. The first-order valence-corrected chi connectivity index (χ1v) is 12.2. The van der Waals surface area contributed by atoms with Crippen molar-refractivity contribution in [2.24, 2.45) is 0 Å². The number of carbonyl (C=O) groups excluding carboxylic acids is 1. The number of hydrogen-bond donors (Lipinski definition) is 1. The number of nitrogens with zero attached hydrogens (tertiary/aromatic N) is 3. The third-order valence-electron chi connectivity index (χ3n) is 6.13. The number of benzene rings is 3. The lowest BCUT2D eigenvalue weighted by Crippen LogP contribution is -2.44. The Bertz CT molecular complexity index is 1360. The van der Waals surface area contributed by atoms with Crippen molar-refractivity contribution in [2.75, 3.05) is 6.54 Å². The van der Waals surface area contributed by atoms with Gasteiger partial charge in [-0.05, 0) is 55.2 Å². The van der Waals surface area contributed by atoms with Crippen molar-refractivity contribution in [3.63, 3.8) is 0 Å². The summed E-state index contributed by atoms with van der Waals surface area (Å²) in [5, 5.41) is 3.62. The summed E-state index contributed by atoms with van der Waals surface area (Å²) in [6, 6.07) is 24.5. The highest BCUT2D eigenvalue weighted by atomic mass is 16.2. The third kappa shape index (κ3) is 5.27. The van der Waals surface area contributed by atoms with E-state index >= 15 is 0 Å². The van der Waals surface area contributed by atoms with Crippen molar-refractivity contribution in [1.82, 2.24) is 19.8 Å². The van der Waals surface area contributed by atoms with Crippen molar-refractivity contribution < 1.29 is 4.79 Å². The van der Waals surface area contributed by atoms with Crippen molar-refractivity contribution in [2.45, 2.75) is 46.2 Å². The van der Waals surface area contributed by atoms with Gasteiger partial charge in [0.2, 0.25) is 0 Å². The maximum Gasteiger partial charge on any atom is 0.318 e. The van der Waals surface area contributed by atoms with Crippen LogP contribution in [-0.4, -0.2) is 27.0 Å². The van der Waals surface area contributed by atoms with Gasteiger partial charge in [0.05, 0.1) is 22.6 Å². The Balaban J connectivity index is 1.81. The average molecular weight is 469 g/mol. The maximum atomic E-state index is 13.7. The summed E-state index contributed by atoms with van der Waals surface area (Å²) in [5.74, 6) is 0.574. The van der Waals surface area contributed by atoms with E-state index in [4.69, 9.17) is 4.98 Å². The molecule has 0 aliphatic heterocycles. The molecule has 1 N–H and O–H groups in total. The fourth-order valence-corrected chi connectivity index (χ4v) is 4.45. The Hall–Kier alpha value is -3.93. The molecule has 0 fully saturated rings. The van der Waals surface area contributed by atoms with E-state index in [9.17, 15) is 9.59 Å². The van der Waals surface area contributed by atoms with Gasteiger partial charge in [-0.1, -0.05) is 68.4 Å². The van der Waals surface area contributed by atoms with Crippen LogP contribution in [0.3, 0.4) is 0 Å². The predicted molar refractivity (Wildman–Crippen MR) is 141 cm³/mol. The van der Waals surface area contributed by atoms with Gasteiger partial charge in [-0.15, -0.1) is 0 Å². The lowest BCUT2D eigenvalue weighted by Gasteiger charge is -2.32. The first-order valence-electron chi connectivity index (χ1n) is 12.2. The second-order valence-electron chi connectivity index (χ2n) is 8.73. The minimum Gasteiger partial charge on any atom is -0.334 e. The van der Waals surface area contributed by atoms with Crippen molar-refractivity contribution >= 4 is 16.9 Å². The zero-order valence-corrected chi connectivity index (χ0v) is 20.6. The number of urea groups is 1. The van der Waals surface area contributed by atoms with Gasteiger partial charge in [-0.25, -0.2) is 9.78 Å². The standard InChI is InChI=1S/C29H32N4O2/c1-4-18-32(29(35)30-20-22-13-7-6-8-14-22)26(5-2)27-31-25-17-10-9-16-24(25)28(34)33(27)23-15-11-12-21(3)19-23/h6-17,19,26H,4-5,18,20H2,1-3H3,(H,30,35). The summed E-state index contributed by atoms with van der Waals surface area (Å²) in [4.78, 5) is 33.9. The fraction of sp³-hybridized carbons (Fsp3) is 0.276. The van der Waals surface area contributed by atoms with E-state index in [0.717, 1.165) is 23.2 Å². The van der Waals surface area contributed by atoms with Crippen LogP contribution in [0.15, 0.2) is 83.7 Å². The molecule has 35 heavy (non-hydrogen) atoms. The molecule has 0 radical (unpaired) electrons. The second-order valence-corrected chi connectivity index (χ2v) is 8.73. The van der Waals surface area contributed by atoms with Crippen LogP contribution in [0.5, 0.6) is 0 Å². The number of aryl methyl sites for hydroxylation is 1. The minimum absolute atomic E-state index is 0.129. The molecular weight excluding hydrogens is 436 g/mol. The highest BCUT2D eigenvalue weighted by Gasteiger charge is 2.28. The largest absolute Gasteiger partial charge is 0.334 e. The number of amides is 2. The first-order chi connectivity index (χ1) is 17.0. The van der Waals surface area contributed by atoms with E-state index < -0.39 is 0 Å². The Kier molecular flexibility index (Phi) is 7.60. The minimum atomic E-state index is -0.372. The number of aromatic nitrogens is 2. The molecule has 180 valence electrons. The van der Waals surface area contributed by atoms with Gasteiger partial charge in [0, 0.05) is 13.1 Å². The van der Waals surface area contributed by atoms with Crippen LogP contribution in [0, 0.1) is 6.92 Å². The van der Waals surface area contributed by atoms with E-state index in [1.807, 2.05) is 98.5 Å². The summed E-state index contributed by atoms with van der Waals surface area (Å²) >= 11 is 0. The molecule has 0 bridgehead atoms. The quantitative estimate of drug-likeness (QED) is 0.357. The summed E-state index contributed by atoms with van der Waals surface area (Å²) in [7, 11) is 0. The molecule has 0 spiro atoms. The van der Waals surface area contributed by atoms with Crippen LogP contribution >= 0.6 is 0 Å². The van der Waals surface area contributed by atoms with Crippen molar-refractivity contribution in [1.29, 1.82) is 0 Å². The third-order valence-corrected chi connectivity index (χ3v) is 6.13. The second kappa shape index (κ2) is 11.0. The molecule has 0 saturated heterocycles. The van der Waals surface area contributed by atoms with Crippen LogP contribution in [0.4, 0.5) is 4.79 Å². The molecule has 6 nitrogen and oxygen atoms in total. The molecule has 1 aromatic heterocycles. The topological polar surface area (TPSA) is 67.2 Å². The first kappa shape index (κ1) is 24.2. The number of para-hydroxylation sites is 1. The van der Waals surface area contributed by atoms with Gasteiger partial charge < -0.3 is 10.2 Å². The highest BCUT2D eigenvalue weighted by molar-refractivity contribution is 5.78. The van der Waals surface area contributed by atoms with Gasteiger partial charge in [-0.2, -0.15) is 0 Å². The molecule has 4 aromatic rings. The zero-order chi connectivity index (χ0) is 24.8. The molecule has 1 unspecified atom stereocenters. The molecule has 6 heteroatoms. The van der Waals surface area contributed by atoms with Crippen LogP contribution < -0.4 is 10.9 Å². The number of hydrogen-bond acceptors (Lipinski definition) is 3. The van der Waals surface area contributed by atoms with Crippen LogP contribution in [0.25, 0.3) is 16.6 Å². The van der Waals surface area contributed by atoms with E-state index in [-0.39, 0.29) is 17.6 Å². The molecular formula is C29H32N4O2. The Morgan fingerprint density at radius 3 is 2.46 bits per heavy atom. The molecule has 1 heterocycles. The molecule has 4 rings (SSSR count). The van der Waals surface area contributed by atoms with Crippen molar-refractivity contribution in [3.8, 4) is 5.69 Å². The molecule has 1 atom stereocenters. The normalized spacial score (nSPS) is 11.9. The lowest BCUT2D eigenvalue weighted by molar-refractivity contribution is 0.167. The number of carbonyl (C=O) groups is 1. The van der Waals surface area contributed by atoms with Gasteiger partial charge in [0.15, 0.2) is 0 Å². The molecule has 3 aromatic carbocycles. The fourth-order valence-electron chi connectivity index (χ4n) is 4.45. The van der Waals surface area contributed by atoms with Crippen LogP contribution in [-0.2, 0) is 6.54 Å². The van der Waals surface area contributed by atoms with Crippen LogP contribution in [0.1, 0.15) is 49.7 Å². The zero-order valence-electron chi connectivity index (χ0n) is 20.6. The smallest absolute Gasteiger partial charge is 0.318 e. The van der Waals surface area contributed by atoms with Crippen LogP contribution in [0.2, 0.25) is 0 Å². The average Bonchev–Trinajstić information content (AvgIpc) is 2.88. The van der Waals surface area contributed by atoms with Gasteiger partial charge in [-0.3, -0.25) is 9.36 Å². The van der Waals surface area contributed by atoms with E-state index in [1.54, 1.807) is 10.6 Å². The van der Waals surface area contributed by atoms with Gasteiger partial charge >= 0.3 is 6.03 Å². The number of fused-ring (bicyclic) bond motifs is 1. The molecule has 2 amide bonds. The van der Waals surface area contributed by atoms with Gasteiger partial charge in [0.25, 0.3) is 5.56 Å². The molecule has 0 aliphatic rings. The van der Waals surface area contributed by atoms with E-state index in [1.165, 1.54) is 0 Å². The van der Waals surface area contributed by atoms with E-state index in [0.29, 0.717) is 36.2 Å². The SMILES string of the molecule is CCCN(C(=O)NCc1ccccc1)C(CC)c1nc2ccccc2c(=O)n1-c1cccc(C)c1. The van der Waals surface area contributed by atoms with Crippen molar-refractivity contribution in [3.05, 3.63) is 106 Å². The molecule has 0 saturated carbocycles.